The van der Waals surface area contributed by atoms with Crippen LogP contribution in [0.5, 0.6) is 0 Å². The zero-order valence-corrected chi connectivity index (χ0v) is 16.0. The number of carbonyl (C=O) groups is 1. The molecule has 0 saturated heterocycles. The molecule has 1 amide bonds. The van der Waals surface area contributed by atoms with Gasteiger partial charge in [-0.3, -0.25) is 9.59 Å². The van der Waals surface area contributed by atoms with E-state index in [1.54, 1.807) is 0 Å². The normalized spacial score (nSPS) is 10.9. The fourth-order valence-corrected chi connectivity index (χ4v) is 3.57. The van der Waals surface area contributed by atoms with Gasteiger partial charge in [-0.25, -0.2) is 0 Å². The lowest BCUT2D eigenvalue weighted by atomic mass is 9.88. The molecule has 4 heteroatoms. The van der Waals surface area contributed by atoms with E-state index in [0.717, 1.165) is 22.0 Å². The molecule has 1 aromatic heterocycles. The maximum absolute atomic E-state index is 12.7. The van der Waals surface area contributed by atoms with Crippen molar-refractivity contribution < 1.29 is 4.79 Å². The highest BCUT2D eigenvalue weighted by Crippen LogP contribution is 2.27. The highest BCUT2D eigenvalue weighted by molar-refractivity contribution is 5.79. The highest BCUT2D eigenvalue weighted by Gasteiger charge is 2.18. The first-order valence-electron chi connectivity index (χ1n) is 9.68. The molecular weight excluding hydrogens is 360 g/mol. The maximum Gasteiger partial charge on any atom is 0.253 e. The van der Waals surface area contributed by atoms with E-state index in [1.807, 2.05) is 91.0 Å². The fourth-order valence-electron chi connectivity index (χ4n) is 3.57. The standard InChI is InChI=1S/C25H22N2O2/c28-24(26-17-21-15-20-13-7-8-14-23(20)27-25(21)29)16-22(18-9-3-1-4-10-18)19-11-5-2-6-12-19/h1-15,22H,16-17H2,(H,26,28)(H,27,29). The van der Waals surface area contributed by atoms with Crippen LogP contribution in [0.15, 0.2) is 95.8 Å². The summed E-state index contributed by atoms with van der Waals surface area (Å²) in [4.78, 5) is 27.9. The van der Waals surface area contributed by atoms with Gasteiger partial charge in [-0.2, -0.15) is 0 Å². The van der Waals surface area contributed by atoms with Crippen LogP contribution >= 0.6 is 0 Å². The van der Waals surface area contributed by atoms with Crippen LogP contribution in [-0.4, -0.2) is 10.9 Å². The SMILES string of the molecule is O=C(CC(c1ccccc1)c1ccccc1)NCc1cc2ccccc2[nH]c1=O. The summed E-state index contributed by atoms with van der Waals surface area (Å²) in [7, 11) is 0. The van der Waals surface area contributed by atoms with Gasteiger partial charge in [0.05, 0.1) is 0 Å². The van der Waals surface area contributed by atoms with Crippen molar-refractivity contribution in [1.82, 2.24) is 10.3 Å². The van der Waals surface area contributed by atoms with E-state index < -0.39 is 0 Å². The van der Waals surface area contributed by atoms with Crippen LogP contribution in [0.1, 0.15) is 29.0 Å². The maximum atomic E-state index is 12.7. The van der Waals surface area contributed by atoms with Crippen molar-refractivity contribution in [1.29, 1.82) is 0 Å². The molecule has 3 aromatic carbocycles. The van der Waals surface area contributed by atoms with Crippen LogP contribution in [-0.2, 0) is 11.3 Å². The average Bonchev–Trinajstić information content (AvgIpc) is 2.77. The number of aromatic amines is 1. The van der Waals surface area contributed by atoms with E-state index in [4.69, 9.17) is 0 Å². The molecule has 4 nitrogen and oxygen atoms in total. The minimum Gasteiger partial charge on any atom is -0.352 e. The number of para-hydroxylation sites is 1. The van der Waals surface area contributed by atoms with Crippen LogP contribution in [0.25, 0.3) is 10.9 Å². The summed E-state index contributed by atoms with van der Waals surface area (Å²) in [6.07, 6.45) is 0.319. The van der Waals surface area contributed by atoms with E-state index in [9.17, 15) is 9.59 Å². The summed E-state index contributed by atoms with van der Waals surface area (Å²) >= 11 is 0. The molecule has 0 bridgehead atoms. The molecule has 0 saturated carbocycles. The molecule has 0 fully saturated rings. The first-order chi connectivity index (χ1) is 14.2. The topological polar surface area (TPSA) is 62.0 Å². The monoisotopic (exact) mass is 382 g/mol. The number of carbonyl (C=O) groups excluding carboxylic acids is 1. The number of amides is 1. The number of nitrogens with one attached hydrogen (secondary N) is 2. The smallest absolute Gasteiger partial charge is 0.253 e. The summed E-state index contributed by atoms with van der Waals surface area (Å²) in [5.74, 6) is -0.123. The van der Waals surface area contributed by atoms with Gasteiger partial charge in [0.1, 0.15) is 0 Å². The van der Waals surface area contributed by atoms with Crippen molar-refractivity contribution in [2.24, 2.45) is 0 Å². The third kappa shape index (κ3) is 4.43. The first kappa shape index (κ1) is 18.7. The lowest BCUT2D eigenvalue weighted by molar-refractivity contribution is -0.121. The lowest BCUT2D eigenvalue weighted by Gasteiger charge is -2.18. The predicted molar refractivity (Wildman–Crippen MR) is 116 cm³/mol. The molecule has 1 heterocycles. The summed E-state index contributed by atoms with van der Waals surface area (Å²) in [6, 6.07) is 29.5. The third-order valence-electron chi connectivity index (χ3n) is 5.10. The molecule has 0 aliphatic rings. The van der Waals surface area contributed by atoms with Gasteiger partial charge in [-0.1, -0.05) is 78.9 Å². The van der Waals surface area contributed by atoms with E-state index in [0.29, 0.717) is 12.0 Å². The Morgan fingerprint density at radius 1 is 0.828 bits per heavy atom. The Balaban J connectivity index is 1.50. The summed E-state index contributed by atoms with van der Waals surface area (Å²) < 4.78 is 0. The molecule has 2 N–H and O–H groups in total. The number of hydrogen-bond donors (Lipinski definition) is 2. The molecule has 0 unspecified atom stereocenters. The quantitative estimate of drug-likeness (QED) is 0.520. The van der Waals surface area contributed by atoms with Crippen LogP contribution in [0.2, 0.25) is 0 Å². The zero-order valence-electron chi connectivity index (χ0n) is 16.0. The number of hydrogen-bond acceptors (Lipinski definition) is 2. The third-order valence-corrected chi connectivity index (χ3v) is 5.10. The molecule has 4 aromatic rings. The highest BCUT2D eigenvalue weighted by atomic mass is 16.1. The fraction of sp³-hybridized carbons (Fsp3) is 0.120. The Kier molecular flexibility index (Phi) is 5.52. The predicted octanol–water partition coefficient (Wildman–Crippen LogP) is 4.37. The Morgan fingerprint density at radius 2 is 1.41 bits per heavy atom. The lowest BCUT2D eigenvalue weighted by Crippen LogP contribution is -2.28. The van der Waals surface area contributed by atoms with Gasteiger partial charge >= 0.3 is 0 Å². The van der Waals surface area contributed by atoms with Crippen LogP contribution in [0.4, 0.5) is 0 Å². The van der Waals surface area contributed by atoms with Gasteiger partial charge in [0.2, 0.25) is 5.91 Å². The second kappa shape index (κ2) is 8.57. The molecule has 0 aliphatic carbocycles. The van der Waals surface area contributed by atoms with Gasteiger partial charge < -0.3 is 10.3 Å². The number of pyridine rings is 1. The Hall–Kier alpha value is -3.66. The molecule has 144 valence electrons. The number of rotatable bonds is 6. The van der Waals surface area contributed by atoms with Gasteiger partial charge in [0.15, 0.2) is 0 Å². The number of fused-ring (bicyclic) bond motifs is 1. The van der Waals surface area contributed by atoms with Gasteiger partial charge in [-0.05, 0) is 28.6 Å². The molecule has 29 heavy (non-hydrogen) atoms. The van der Waals surface area contributed by atoms with E-state index in [2.05, 4.69) is 10.3 Å². The van der Waals surface area contributed by atoms with Crippen molar-refractivity contribution in [3.8, 4) is 0 Å². The summed E-state index contributed by atoms with van der Waals surface area (Å²) in [5, 5.41) is 3.86. The second-order valence-corrected chi connectivity index (χ2v) is 7.07. The van der Waals surface area contributed by atoms with E-state index in [-0.39, 0.29) is 23.9 Å². The largest absolute Gasteiger partial charge is 0.352 e. The van der Waals surface area contributed by atoms with Crippen molar-refractivity contribution >= 4 is 16.8 Å². The molecule has 0 aliphatic heterocycles. The number of aromatic nitrogens is 1. The molecule has 0 radical (unpaired) electrons. The van der Waals surface area contributed by atoms with Crippen LogP contribution in [0, 0.1) is 0 Å². The van der Waals surface area contributed by atoms with Crippen molar-refractivity contribution in [3.05, 3.63) is 118 Å². The minimum absolute atomic E-state index is 0.0349. The van der Waals surface area contributed by atoms with E-state index in [1.165, 1.54) is 0 Å². The summed E-state index contributed by atoms with van der Waals surface area (Å²) in [5.41, 5.74) is 3.36. The zero-order chi connectivity index (χ0) is 20.1. The second-order valence-electron chi connectivity index (χ2n) is 7.07. The van der Waals surface area contributed by atoms with Crippen molar-refractivity contribution in [2.75, 3.05) is 0 Å². The Morgan fingerprint density at radius 3 is 2.07 bits per heavy atom. The van der Waals surface area contributed by atoms with Gasteiger partial charge in [-0.15, -0.1) is 0 Å². The summed E-state index contributed by atoms with van der Waals surface area (Å²) in [6.45, 7) is 0.204. The van der Waals surface area contributed by atoms with Crippen LogP contribution in [0.3, 0.4) is 0 Å². The van der Waals surface area contributed by atoms with E-state index >= 15 is 0 Å². The first-order valence-corrected chi connectivity index (χ1v) is 9.68. The van der Waals surface area contributed by atoms with Crippen LogP contribution < -0.4 is 10.9 Å². The van der Waals surface area contributed by atoms with Crippen molar-refractivity contribution in [2.45, 2.75) is 18.9 Å². The Labute approximate surface area is 169 Å². The molecule has 0 spiro atoms. The van der Waals surface area contributed by atoms with Gasteiger partial charge in [0.25, 0.3) is 5.56 Å². The molecular formula is C25H22N2O2. The average molecular weight is 382 g/mol. The molecule has 0 atom stereocenters. The van der Waals surface area contributed by atoms with Crippen molar-refractivity contribution in [3.63, 3.8) is 0 Å². The molecule has 4 rings (SSSR count). The number of benzene rings is 3. The van der Waals surface area contributed by atoms with Gasteiger partial charge in [0, 0.05) is 30.0 Å². The Bertz CT molecular complexity index is 1130. The number of H-pyrrole nitrogens is 1. The minimum atomic E-state index is -0.174.